The maximum Gasteiger partial charge on any atom is 0.430 e. The van der Waals surface area contributed by atoms with E-state index < -0.39 is 16.1 Å². The van der Waals surface area contributed by atoms with Crippen LogP contribution < -0.4 is 10.2 Å². The van der Waals surface area contributed by atoms with Crippen LogP contribution in [0.25, 0.3) is 0 Å². The summed E-state index contributed by atoms with van der Waals surface area (Å²) < 4.78 is 27.1. The third-order valence-corrected chi connectivity index (χ3v) is 5.49. The number of hydrogen-bond donors (Lipinski definition) is 2. The van der Waals surface area contributed by atoms with E-state index in [1.807, 2.05) is 0 Å². The highest BCUT2D eigenvalue weighted by Gasteiger charge is 2.39. The Kier molecular flexibility index (Phi) is 4.32. The Hall–Kier alpha value is -1.64. The minimum Gasteiger partial charge on any atom is -0.352 e. The molecule has 22 heavy (non-hydrogen) atoms. The van der Waals surface area contributed by atoms with Gasteiger partial charge in [0, 0.05) is 6.54 Å². The van der Waals surface area contributed by atoms with Crippen molar-refractivity contribution >= 4 is 16.1 Å². The number of carbonyl (C=O) groups is 1. The van der Waals surface area contributed by atoms with Crippen molar-refractivity contribution in [1.82, 2.24) is 15.1 Å². The summed E-state index contributed by atoms with van der Waals surface area (Å²) in [6.45, 7) is 0.185. The van der Waals surface area contributed by atoms with Crippen LogP contribution in [-0.2, 0) is 14.9 Å². The molecule has 2 saturated heterocycles. The van der Waals surface area contributed by atoms with Crippen LogP contribution in [0.1, 0.15) is 25.7 Å². The van der Waals surface area contributed by atoms with Crippen molar-refractivity contribution in [3.8, 4) is 0 Å². The summed E-state index contributed by atoms with van der Waals surface area (Å²) in [5.41, 5.74) is 2.71. The van der Waals surface area contributed by atoms with Crippen LogP contribution in [0.2, 0.25) is 0 Å². The van der Waals surface area contributed by atoms with Crippen LogP contribution in [0.4, 0.5) is 4.79 Å². The molecule has 0 aliphatic carbocycles. The molecule has 2 aliphatic heterocycles. The lowest BCUT2D eigenvalue weighted by atomic mass is 10.1. The molecule has 0 spiro atoms. The number of hydrogen-bond acceptors (Lipinski definition) is 5. The standard InChI is InChI=1S/C14H19N3O4S/c18-14-17-11(6-4-5-9-13(17)16-21-14)10-15-22(19,20)12-7-2-1-3-8-12/h1-3,7-8,11,13,15-16H,4-6,9-10H2. The second-order valence-corrected chi connectivity index (χ2v) is 7.28. The Labute approximate surface area is 129 Å². The number of hydroxylamine groups is 1. The molecule has 3 rings (SSSR count). The predicted molar refractivity (Wildman–Crippen MR) is 79.1 cm³/mol. The van der Waals surface area contributed by atoms with Crippen molar-refractivity contribution in [2.75, 3.05) is 6.54 Å². The first kappa shape index (κ1) is 15.3. The van der Waals surface area contributed by atoms with Crippen LogP contribution in [0.15, 0.2) is 35.2 Å². The van der Waals surface area contributed by atoms with Gasteiger partial charge in [0.05, 0.1) is 10.9 Å². The number of nitrogens with zero attached hydrogens (tertiary/aromatic N) is 1. The number of fused-ring (bicyclic) bond motifs is 1. The van der Waals surface area contributed by atoms with Crippen LogP contribution in [0, 0.1) is 0 Å². The molecule has 0 saturated carbocycles. The van der Waals surface area contributed by atoms with Crippen LogP contribution in [0.5, 0.6) is 0 Å². The molecule has 0 bridgehead atoms. The van der Waals surface area contributed by atoms with E-state index in [0.717, 1.165) is 25.7 Å². The second kappa shape index (κ2) is 6.23. The molecule has 8 heteroatoms. The van der Waals surface area contributed by atoms with Crippen molar-refractivity contribution in [3.63, 3.8) is 0 Å². The summed E-state index contributed by atoms with van der Waals surface area (Å²) in [6, 6.07) is 8.01. The van der Waals surface area contributed by atoms with Gasteiger partial charge in [0.15, 0.2) is 0 Å². The third kappa shape index (κ3) is 3.08. The fourth-order valence-electron chi connectivity index (χ4n) is 2.90. The van der Waals surface area contributed by atoms with Gasteiger partial charge in [-0.1, -0.05) is 24.6 Å². The zero-order valence-electron chi connectivity index (χ0n) is 12.1. The molecular formula is C14H19N3O4S. The van der Waals surface area contributed by atoms with Crippen molar-refractivity contribution < 1.29 is 18.0 Å². The summed E-state index contributed by atoms with van der Waals surface area (Å²) in [4.78, 5) is 18.5. The van der Waals surface area contributed by atoms with Gasteiger partial charge >= 0.3 is 6.09 Å². The van der Waals surface area contributed by atoms with E-state index >= 15 is 0 Å². The molecule has 2 aliphatic rings. The SMILES string of the molecule is O=C1ONC2CCCCC(CNS(=O)(=O)c3ccccc3)N12. The quantitative estimate of drug-likeness (QED) is 0.868. The lowest BCUT2D eigenvalue weighted by Gasteiger charge is -2.27. The van der Waals surface area contributed by atoms with Gasteiger partial charge in [-0.05, 0) is 31.4 Å². The van der Waals surface area contributed by atoms with E-state index in [2.05, 4.69) is 10.2 Å². The average molecular weight is 325 g/mol. The molecular weight excluding hydrogens is 306 g/mol. The number of benzene rings is 1. The zero-order valence-corrected chi connectivity index (χ0v) is 12.9. The Morgan fingerprint density at radius 2 is 1.95 bits per heavy atom. The largest absolute Gasteiger partial charge is 0.430 e. The smallest absolute Gasteiger partial charge is 0.352 e. The fourth-order valence-corrected chi connectivity index (χ4v) is 4.00. The van der Waals surface area contributed by atoms with Gasteiger partial charge in [-0.25, -0.2) is 17.9 Å². The number of carbonyl (C=O) groups excluding carboxylic acids is 1. The molecule has 2 heterocycles. The van der Waals surface area contributed by atoms with E-state index in [1.54, 1.807) is 35.2 Å². The van der Waals surface area contributed by atoms with Crippen molar-refractivity contribution in [1.29, 1.82) is 0 Å². The Morgan fingerprint density at radius 1 is 1.23 bits per heavy atom. The van der Waals surface area contributed by atoms with E-state index in [1.165, 1.54) is 0 Å². The van der Waals surface area contributed by atoms with Crippen LogP contribution >= 0.6 is 0 Å². The normalized spacial score (nSPS) is 25.5. The monoisotopic (exact) mass is 325 g/mol. The molecule has 2 atom stereocenters. The Morgan fingerprint density at radius 3 is 2.73 bits per heavy atom. The first-order valence-corrected chi connectivity index (χ1v) is 8.85. The highest BCUT2D eigenvalue weighted by Crippen LogP contribution is 2.25. The molecule has 1 aromatic carbocycles. The molecule has 0 radical (unpaired) electrons. The first-order valence-electron chi connectivity index (χ1n) is 7.37. The molecule has 120 valence electrons. The number of rotatable bonds is 4. The first-order chi connectivity index (χ1) is 10.6. The lowest BCUT2D eigenvalue weighted by Crippen LogP contribution is -2.48. The zero-order chi connectivity index (χ0) is 15.6. The van der Waals surface area contributed by atoms with Crippen molar-refractivity contribution in [2.24, 2.45) is 0 Å². The molecule has 2 N–H and O–H groups in total. The lowest BCUT2D eigenvalue weighted by molar-refractivity contribution is 0.117. The molecule has 7 nitrogen and oxygen atoms in total. The molecule has 1 amide bonds. The number of sulfonamides is 1. The average Bonchev–Trinajstić information content (AvgIpc) is 2.77. The topological polar surface area (TPSA) is 87.7 Å². The van der Waals surface area contributed by atoms with E-state index in [0.29, 0.717) is 0 Å². The molecule has 0 aromatic heterocycles. The summed E-state index contributed by atoms with van der Waals surface area (Å²) in [5, 5.41) is 0. The third-order valence-electron chi connectivity index (χ3n) is 4.05. The van der Waals surface area contributed by atoms with Crippen LogP contribution in [-0.4, -0.2) is 38.2 Å². The molecule has 2 unspecified atom stereocenters. The van der Waals surface area contributed by atoms with E-state index in [4.69, 9.17) is 4.84 Å². The number of amides is 1. The van der Waals surface area contributed by atoms with Gasteiger partial charge in [-0.15, -0.1) is 5.48 Å². The minimum atomic E-state index is -3.57. The van der Waals surface area contributed by atoms with Gasteiger partial charge in [0.1, 0.15) is 6.17 Å². The van der Waals surface area contributed by atoms with Gasteiger partial charge < -0.3 is 4.84 Å². The summed E-state index contributed by atoms with van der Waals surface area (Å²) in [7, 11) is -3.57. The highest BCUT2D eigenvalue weighted by molar-refractivity contribution is 7.89. The van der Waals surface area contributed by atoms with Gasteiger partial charge in [0.2, 0.25) is 10.0 Å². The minimum absolute atomic E-state index is 0.166. The Balaban J connectivity index is 1.71. The summed E-state index contributed by atoms with van der Waals surface area (Å²) in [5.74, 6) is 0. The maximum atomic E-state index is 12.3. The summed E-state index contributed by atoms with van der Waals surface area (Å²) in [6.07, 6.45) is 2.90. The van der Waals surface area contributed by atoms with Crippen molar-refractivity contribution in [3.05, 3.63) is 30.3 Å². The molecule has 1 aromatic rings. The Bertz CT molecular complexity index is 635. The highest BCUT2D eigenvalue weighted by atomic mass is 32.2. The van der Waals surface area contributed by atoms with Crippen LogP contribution in [0.3, 0.4) is 0 Å². The van der Waals surface area contributed by atoms with Gasteiger partial charge in [0.25, 0.3) is 0 Å². The van der Waals surface area contributed by atoms with Gasteiger partial charge in [-0.2, -0.15) is 0 Å². The predicted octanol–water partition coefficient (Wildman–Crippen LogP) is 1.19. The second-order valence-electron chi connectivity index (χ2n) is 5.51. The van der Waals surface area contributed by atoms with Crippen molar-refractivity contribution in [2.45, 2.75) is 42.8 Å². The molecule has 2 fully saturated rings. The van der Waals surface area contributed by atoms with Gasteiger partial charge in [-0.3, -0.25) is 4.90 Å². The number of nitrogens with one attached hydrogen (secondary N) is 2. The van der Waals surface area contributed by atoms with E-state index in [-0.39, 0.29) is 23.6 Å². The fraction of sp³-hybridized carbons (Fsp3) is 0.500. The maximum absolute atomic E-state index is 12.3. The summed E-state index contributed by atoms with van der Waals surface area (Å²) >= 11 is 0. The van der Waals surface area contributed by atoms with E-state index in [9.17, 15) is 13.2 Å².